The van der Waals surface area contributed by atoms with Crippen molar-refractivity contribution >= 4 is 45.5 Å². The molecule has 0 aliphatic heterocycles. The Morgan fingerprint density at radius 1 is 1.28 bits per heavy atom. The molecule has 0 saturated heterocycles. The summed E-state index contributed by atoms with van der Waals surface area (Å²) >= 11 is 1.73. The van der Waals surface area contributed by atoms with E-state index in [1.165, 1.54) is 12.1 Å². The summed E-state index contributed by atoms with van der Waals surface area (Å²) in [5.74, 6) is -1.16. The van der Waals surface area contributed by atoms with Gasteiger partial charge in [0.05, 0.1) is 10.0 Å². The molecule has 2 aromatic rings. The lowest BCUT2D eigenvalue weighted by Gasteiger charge is -2.09. The van der Waals surface area contributed by atoms with Crippen LogP contribution in [0.15, 0.2) is 37.6 Å². The van der Waals surface area contributed by atoms with Gasteiger partial charge in [-0.15, -0.1) is 0 Å². The second kappa shape index (κ2) is 8.15. The lowest BCUT2D eigenvalue weighted by atomic mass is 10.0. The summed E-state index contributed by atoms with van der Waals surface area (Å²) in [4.78, 5) is 34.8. The zero-order valence-electron chi connectivity index (χ0n) is 13.3. The highest BCUT2D eigenvalue weighted by atomic mass is 127. The highest BCUT2D eigenvalue weighted by Gasteiger charge is 2.14. The predicted octanol–water partition coefficient (Wildman–Crippen LogP) is 2.38. The summed E-state index contributed by atoms with van der Waals surface area (Å²) in [7, 11) is 0. The van der Waals surface area contributed by atoms with Gasteiger partial charge in [-0.1, -0.05) is 6.58 Å². The number of ether oxygens (including phenoxy) is 2. The Morgan fingerprint density at radius 3 is 2.64 bits per heavy atom. The molecule has 0 saturated carbocycles. The summed E-state index contributed by atoms with van der Waals surface area (Å²) in [5.41, 5.74) is 0.441. The molecule has 0 aliphatic rings. The third-order valence-electron chi connectivity index (χ3n) is 3.35. The smallest absolute Gasteiger partial charge is 0.343 e. The third kappa shape index (κ3) is 4.81. The van der Waals surface area contributed by atoms with Crippen molar-refractivity contribution in [1.29, 1.82) is 0 Å². The molecule has 132 valence electrons. The fourth-order valence-corrected chi connectivity index (χ4v) is 2.29. The highest BCUT2D eigenvalue weighted by molar-refractivity contribution is 14.1. The zero-order chi connectivity index (χ0) is 18.6. The molecule has 8 heteroatoms. The number of rotatable bonds is 6. The number of fused-ring (bicyclic) bond motifs is 1. The number of aromatic hydroxyl groups is 1. The molecule has 0 radical (unpaired) electrons. The Morgan fingerprint density at radius 2 is 1.96 bits per heavy atom. The van der Waals surface area contributed by atoms with Gasteiger partial charge in [-0.25, -0.2) is 9.59 Å². The second-order valence-electron chi connectivity index (χ2n) is 5.12. The Balaban J connectivity index is 2.06. The molecule has 0 bridgehead atoms. The minimum absolute atomic E-state index is 0.00552. The first kappa shape index (κ1) is 19.0. The molecule has 0 unspecified atom stereocenters. The molecule has 2 rings (SSSR count). The first-order chi connectivity index (χ1) is 11.8. The van der Waals surface area contributed by atoms with E-state index in [9.17, 15) is 19.5 Å². The van der Waals surface area contributed by atoms with Crippen LogP contribution in [0.2, 0.25) is 0 Å². The monoisotopic (exact) mass is 458 g/mol. The van der Waals surface area contributed by atoms with Gasteiger partial charge in [-0.2, -0.15) is 0 Å². The lowest BCUT2D eigenvalue weighted by Crippen LogP contribution is -2.16. The van der Waals surface area contributed by atoms with Gasteiger partial charge in [0.25, 0.3) is 0 Å². The molecule has 0 amide bonds. The SMILES string of the molecule is C=C(I)C(=O)OCCOC(=O)Cc1cc(=O)oc2c(C)c(O)ccc12. The van der Waals surface area contributed by atoms with Gasteiger partial charge in [0.1, 0.15) is 24.5 Å². The van der Waals surface area contributed by atoms with E-state index in [0.717, 1.165) is 0 Å². The van der Waals surface area contributed by atoms with Crippen LogP contribution in [0.3, 0.4) is 0 Å². The number of hydrogen-bond donors (Lipinski definition) is 1. The van der Waals surface area contributed by atoms with Crippen LogP contribution >= 0.6 is 22.6 Å². The Kier molecular flexibility index (Phi) is 6.18. The molecule has 1 aromatic carbocycles. The maximum Gasteiger partial charge on any atom is 0.343 e. The van der Waals surface area contributed by atoms with Gasteiger partial charge >= 0.3 is 17.6 Å². The Bertz CT molecular complexity index is 898. The summed E-state index contributed by atoms with van der Waals surface area (Å²) in [5, 5.41) is 10.2. The zero-order valence-corrected chi connectivity index (χ0v) is 15.5. The van der Waals surface area contributed by atoms with E-state index in [2.05, 4.69) is 6.58 Å². The van der Waals surface area contributed by atoms with Crippen LogP contribution in [0.5, 0.6) is 5.75 Å². The molecule has 7 nitrogen and oxygen atoms in total. The molecule has 1 aromatic heterocycles. The summed E-state index contributed by atoms with van der Waals surface area (Å²) in [6.07, 6.45) is -0.154. The molecular formula is C17H15IO7. The maximum absolute atomic E-state index is 11.9. The first-order valence-electron chi connectivity index (χ1n) is 7.22. The van der Waals surface area contributed by atoms with Crippen molar-refractivity contribution in [3.63, 3.8) is 0 Å². The van der Waals surface area contributed by atoms with Crippen LogP contribution in [0.1, 0.15) is 11.1 Å². The number of esters is 2. The number of carbonyl (C=O) groups is 2. The molecule has 0 atom stereocenters. The number of phenolic OH excluding ortho intramolecular Hbond substituents is 1. The van der Waals surface area contributed by atoms with Crippen LogP contribution in [0.4, 0.5) is 0 Å². The van der Waals surface area contributed by atoms with Gasteiger partial charge in [0.2, 0.25) is 0 Å². The number of aryl methyl sites for hydroxylation is 1. The number of phenols is 1. The topological polar surface area (TPSA) is 103 Å². The van der Waals surface area contributed by atoms with Gasteiger partial charge in [0, 0.05) is 17.0 Å². The average molecular weight is 458 g/mol. The summed E-state index contributed by atoms with van der Waals surface area (Å²) < 4.78 is 15.1. The van der Waals surface area contributed by atoms with Crippen LogP contribution in [0.25, 0.3) is 11.0 Å². The fraction of sp³-hybridized carbons (Fsp3) is 0.235. The fourth-order valence-electron chi connectivity index (χ4n) is 2.14. The van der Waals surface area contributed by atoms with Crippen molar-refractivity contribution in [2.45, 2.75) is 13.3 Å². The molecule has 0 spiro atoms. The van der Waals surface area contributed by atoms with Crippen molar-refractivity contribution < 1.29 is 28.6 Å². The number of halogens is 1. The van der Waals surface area contributed by atoms with Crippen molar-refractivity contribution in [3.05, 3.63) is 49.9 Å². The van der Waals surface area contributed by atoms with E-state index in [1.807, 2.05) is 0 Å². The Labute approximate surface area is 156 Å². The maximum atomic E-state index is 11.9. The molecule has 25 heavy (non-hydrogen) atoms. The van der Waals surface area contributed by atoms with Crippen LogP contribution in [-0.2, 0) is 25.5 Å². The standard InChI is InChI=1S/C17H15IO7/c1-9-13(19)4-3-12-11(8-15(21)25-16(9)12)7-14(20)23-5-6-24-17(22)10(2)18/h3-4,8,19H,2,5-7H2,1H3. The summed E-state index contributed by atoms with van der Waals surface area (Å²) in [6.45, 7) is 4.84. The van der Waals surface area contributed by atoms with E-state index >= 15 is 0 Å². The first-order valence-corrected chi connectivity index (χ1v) is 8.30. The molecular weight excluding hydrogens is 443 g/mol. The second-order valence-corrected chi connectivity index (χ2v) is 6.42. The molecule has 1 N–H and O–H groups in total. The number of hydrogen-bond acceptors (Lipinski definition) is 7. The van der Waals surface area contributed by atoms with Gasteiger partial charge in [-0.3, -0.25) is 4.79 Å². The van der Waals surface area contributed by atoms with Crippen molar-refractivity contribution in [2.24, 2.45) is 0 Å². The Hall–Kier alpha value is -2.36. The quantitative estimate of drug-likeness (QED) is 0.233. The van der Waals surface area contributed by atoms with Gasteiger partial charge < -0.3 is 19.0 Å². The van der Waals surface area contributed by atoms with Crippen LogP contribution in [0, 0.1) is 6.92 Å². The largest absolute Gasteiger partial charge is 0.508 e. The van der Waals surface area contributed by atoms with Crippen molar-refractivity contribution in [2.75, 3.05) is 13.2 Å². The van der Waals surface area contributed by atoms with E-state index in [0.29, 0.717) is 16.5 Å². The van der Waals surface area contributed by atoms with Crippen molar-refractivity contribution in [1.82, 2.24) is 0 Å². The molecule has 0 aliphatic carbocycles. The minimum atomic E-state index is -0.626. The van der Waals surface area contributed by atoms with Crippen molar-refractivity contribution in [3.8, 4) is 5.75 Å². The van der Waals surface area contributed by atoms with E-state index in [4.69, 9.17) is 13.9 Å². The molecule has 1 heterocycles. The number of carbonyl (C=O) groups excluding carboxylic acids is 2. The van der Waals surface area contributed by atoms with E-state index < -0.39 is 17.6 Å². The van der Waals surface area contributed by atoms with Gasteiger partial charge in [0.15, 0.2) is 0 Å². The third-order valence-corrected chi connectivity index (χ3v) is 3.79. The predicted molar refractivity (Wildman–Crippen MR) is 97.7 cm³/mol. The van der Waals surface area contributed by atoms with E-state index in [-0.39, 0.29) is 34.5 Å². The molecule has 0 fully saturated rings. The average Bonchev–Trinajstić information content (AvgIpc) is 2.55. The summed E-state index contributed by atoms with van der Waals surface area (Å²) in [6, 6.07) is 4.24. The highest BCUT2D eigenvalue weighted by Crippen LogP contribution is 2.27. The lowest BCUT2D eigenvalue weighted by molar-refractivity contribution is -0.149. The van der Waals surface area contributed by atoms with Crippen LogP contribution < -0.4 is 5.63 Å². The number of benzene rings is 1. The van der Waals surface area contributed by atoms with E-state index in [1.54, 1.807) is 35.6 Å². The normalized spacial score (nSPS) is 10.5. The van der Waals surface area contributed by atoms with Crippen LogP contribution in [-0.4, -0.2) is 30.3 Å². The minimum Gasteiger partial charge on any atom is -0.508 e. The van der Waals surface area contributed by atoms with Gasteiger partial charge in [-0.05, 0) is 47.2 Å².